The molecule has 0 bridgehead atoms. The van der Waals surface area contributed by atoms with E-state index in [0.29, 0.717) is 32.7 Å². The highest BCUT2D eigenvalue weighted by atomic mass is 32.1. The Morgan fingerprint density at radius 3 is 2.62 bits per heavy atom. The van der Waals surface area contributed by atoms with Crippen LogP contribution < -0.4 is 5.32 Å². The van der Waals surface area contributed by atoms with E-state index in [2.05, 4.69) is 11.4 Å². The molecule has 1 saturated heterocycles. The second kappa shape index (κ2) is 7.27. The highest BCUT2D eigenvalue weighted by molar-refractivity contribution is 7.20. The monoisotopic (exact) mass is 366 g/mol. The molecule has 1 N–H and O–H groups in total. The van der Waals surface area contributed by atoms with Gasteiger partial charge in [-0.1, -0.05) is 24.3 Å². The predicted octanol–water partition coefficient (Wildman–Crippen LogP) is 3.61. The number of carbonyl (C=O) groups excluding carboxylic acids is 2. The molecule has 6 heteroatoms. The van der Waals surface area contributed by atoms with E-state index in [0.717, 1.165) is 31.8 Å². The molecular formula is C20H18N2O3S. The molecule has 2 amide bonds. The second-order valence-electron chi connectivity index (χ2n) is 6.07. The van der Waals surface area contributed by atoms with Crippen LogP contribution in [-0.2, 0) is 9.53 Å². The van der Waals surface area contributed by atoms with Crippen LogP contribution in [0.25, 0.3) is 21.2 Å². The lowest BCUT2D eigenvalue weighted by Crippen LogP contribution is -2.40. The molecule has 132 valence electrons. The Balaban J connectivity index is 1.69. The molecule has 2 aromatic carbocycles. The number of rotatable bonds is 4. The summed E-state index contributed by atoms with van der Waals surface area (Å²) in [5.41, 5.74) is 2.89. The molecule has 0 radical (unpaired) electrons. The van der Waals surface area contributed by atoms with Crippen LogP contribution >= 0.6 is 11.3 Å². The molecular weight excluding hydrogens is 348 g/mol. The number of hydrogen-bond acceptors (Lipinski definition) is 4. The van der Waals surface area contributed by atoms with Crippen LogP contribution in [0, 0.1) is 0 Å². The number of nitrogens with zero attached hydrogens (tertiary/aromatic N) is 1. The molecule has 2 heterocycles. The lowest BCUT2D eigenvalue weighted by atomic mass is 10.0. The Morgan fingerprint density at radius 2 is 1.88 bits per heavy atom. The third kappa shape index (κ3) is 3.21. The van der Waals surface area contributed by atoms with Crippen LogP contribution in [-0.4, -0.2) is 43.5 Å². The van der Waals surface area contributed by atoms with Crippen molar-refractivity contribution in [3.8, 4) is 11.1 Å². The summed E-state index contributed by atoms with van der Waals surface area (Å²) in [4.78, 5) is 25.9. The summed E-state index contributed by atoms with van der Waals surface area (Å²) >= 11 is 1.53. The Hall–Kier alpha value is -2.70. The molecule has 1 fully saturated rings. The number of hydrogen-bond donors (Lipinski definition) is 1. The molecule has 1 aliphatic heterocycles. The van der Waals surface area contributed by atoms with Crippen molar-refractivity contribution in [3.63, 3.8) is 0 Å². The predicted molar refractivity (Wildman–Crippen MR) is 104 cm³/mol. The van der Waals surface area contributed by atoms with Crippen LogP contribution in [0.15, 0.2) is 48.5 Å². The van der Waals surface area contributed by atoms with Crippen molar-refractivity contribution < 1.29 is 14.3 Å². The second-order valence-corrected chi connectivity index (χ2v) is 7.16. The average Bonchev–Trinajstić information content (AvgIpc) is 3.13. The third-order valence-electron chi connectivity index (χ3n) is 4.49. The standard InChI is InChI=1S/C20H18N2O3S/c23-13-21-15-6-4-14(5-7-15)16-2-1-3-18-17(16)12-19(26-18)20(24)22-8-10-25-11-9-22/h1-7,12-13H,8-11H2,(H,21,23). The van der Waals surface area contributed by atoms with Gasteiger partial charge in [0, 0.05) is 28.9 Å². The van der Waals surface area contributed by atoms with Crippen molar-refractivity contribution in [3.05, 3.63) is 53.4 Å². The molecule has 0 atom stereocenters. The zero-order valence-electron chi connectivity index (χ0n) is 14.1. The van der Waals surface area contributed by atoms with Crippen molar-refractivity contribution in [1.82, 2.24) is 4.90 Å². The molecule has 1 aromatic heterocycles. The molecule has 4 rings (SSSR count). The van der Waals surface area contributed by atoms with Gasteiger partial charge in [-0.15, -0.1) is 11.3 Å². The number of fused-ring (bicyclic) bond motifs is 1. The van der Waals surface area contributed by atoms with Crippen molar-refractivity contribution >= 4 is 39.4 Å². The van der Waals surface area contributed by atoms with Crippen LogP contribution in [0.4, 0.5) is 5.69 Å². The largest absolute Gasteiger partial charge is 0.378 e. The molecule has 0 aliphatic carbocycles. The number of carbonyl (C=O) groups is 2. The maximum absolute atomic E-state index is 12.8. The SMILES string of the molecule is O=CNc1ccc(-c2cccc3sc(C(=O)N4CCOCC4)cc23)cc1. The zero-order chi connectivity index (χ0) is 17.9. The van der Waals surface area contributed by atoms with E-state index >= 15 is 0 Å². The Morgan fingerprint density at radius 1 is 1.12 bits per heavy atom. The lowest BCUT2D eigenvalue weighted by Gasteiger charge is -2.26. The zero-order valence-corrected chi connectivity index (χ0v) is 14.9. The van der Waals surface area contributed by atoms with E-state index in [9.17, 15) is 9.59 Å². The van der Waals surface area contributed by atoms with Crippen molar-refractivity contribution in [2.75, 3.05) is 31.6 Å². The van der Waals surface area contributed by atoms with Crippen LogP contribution in [0.5, 0.6) is 0 Å². The minimum atomic E-state index is 0.0750. The number of anilines is 1. The van der Waals surface area contributed by atoms with Gasteiger partial charge >= 0.3 is 0 Å². The van der Waals surface area contributed by atoms with E-state index < -0.39 is 0 Å². The minimum Gasteiger partial charge on any atom is -0.378 e. The number of nitrogens with one attached hydrogen (secondary N) is 1. The van der Waals surface area contributed by atoms with E-state index in [1.807, 2.05) is 47.4 Å². The molecule has 0 spiro atoms. The van der Waals surface area contributed by atoms with E-state index in [4.69, 9.17) is 4.74 Å². The van der Waals surface area contributed by atoms with Gasteiger partial charge in [0.2, 0.25) is 6.41 Å². The van der Waals surface area contributed by atoms with Crippen LogP contribution in [0.3, 0.4) is 0 Å². The third-order valence-corrected chi connectivity index (χ3v) is 5.58. The molecule has 5 nitrogen and oxygen atoms in total. The summed E-state index contributed by atoms with van der Waals surface area (Å²) in [5.74, 6) is 0.0750. The summed E-state index contributed by atoms with van der Waals surface area (Å²) < 4.78 is 6.42. The van der Waals surface area contributed by atoms with Crippen molar-refractivity contribution in [2.24, 2.45) is 0 Å². The number of amides is 2. The highest BCUT2D eigenvalue weighted by Crippen LogP contribution is 2.35. The maximum Gasteiger partial charge on any atom is 0.264 e. The normalized spacial score (nSPS) is 14.4. The quantitative estimate of drug-likeness (QED) is 0.718. The van der Waals surface area contributed by atoms with E-state index in [-0.39, 0.29) is 5.91 Å². The first-order chi connectivity index (χ1) is 12.8. The van der Waals surface area contributed by atoms with Crippen LogP contribution in [0.1, 0.15) is 9.67 Å². The first-order valence-corrected chi connectivity index (χ1v) is 9.28. The summed E-state index contributed by atoms with van der Waals surface area (Å²) in [5, 5.41) is 3.71. The number of thiophene rings is 1. The fourth-order valence-corrected chi connectivity index (χ4v) is 4.21. The Bertz CT molecular complexity index is 943. The lowest BCUT2D eigenvalue weighted by molar-refractivity contribution is -0.105. The molecule has 0 saturated carbocycles. The van der Waals surface area contributed by atoms with Gasteiger partial charge in [0.1, 0.15) is 0 Å². The molecule has 1 aliphatic rings. The molecule has 26 heavy (non-hydrogen) atoms. The first-order valence-electron chi connectivity index (χ1n) is 8.46. The van der Waals surface area contributed by atoms with Crippen molar-refractivity contribution in [1.29, 1.82) is 0 Å². The first kappa shape index (κ1) is 16.8. The summed E-state index contributed by atoms with van der Waals surface area (Å²) in [6.07, 6.45) is 0.665. The van der Waals surface area contributed by atoms with E-state index in [1.165, 1.54) is 11.3 Å². The molecule has 0 unspecified atom stereocenters. The van der Waals surface area contributed by atoms with Crippen LogP contribution in [0.2, 0.25) is 0 Å². The molecule has 3 aromatic rings. The van der Waals surface area contributed by atoms with Gasteiger partial charge in [-0.25, -0.2) is 0 Å². The topological polar surface area (TPSA) is 58.6 Å². The van der Waals surface area contributed by atoms with Gasteiger partial charge in [0.15, 0.2) is 0 Å². The van der Waals surface area contributed by atoms with Gasteiger partial charge in [0.05, 0.1) is 18.1 Å². The summed E-state index contributed by atoms with van der Waals surface area (Å²) in [7, 11) is 0. The smallest absolute Gasteiger partial charge is 0.264 e. The maximum atomic E-state index is 12.8. The van der Waals surface area contributed by atoms with Gasteiger partial charge in [-0.2, -0.15) is 0 Å². The fourth-order valence-electron chi connectivity index (χ4n) is 3.15. The van der Waals surface area contributed by atoms with Crippen molar-refractivity contribution in [2.45, 2.75) is 0 Å². The number of benzene rings is 2. The van der Waals surface area contributed by atoms with Gasteiger partial charge in [-0.05, 0) is 35.4 Å². The van der Waals surface area contributed by atoms with Gasteiger partial charge in [-0.3, -0.25) is 9.59 Å². The van der Waals surface area contributed by atoms with Gasteiger partial charge in [0.25, 0.3) is 5.91 Å². The fraction of sp³-hybridized carbons (Fsp3) is 0.200. The Kier molecular flexibility index (Phi) is 4.69. The number of morpholine rings is 1. The highest BCUT2D eigenvalue weighted by Gasteiger charge is 2.21. The summed E-state index contributed by atoms with van der Waals surface area (Å²) in [6.45, 7) is 2.49. The Labute approximate surface area is 155 Å². The van der Waals surface area contributed by atoms with Gasteiger partial charge < -0.3 is 15.0 Å². The summed E-state index contributed by atoms with van der Waals surface area (Å²) in [6, 6.07) is 15.8. The van der Waals surface area contributed by atoms with E-state index in [1.54, 1.807) is 0 Å². The average molecular weight is 366 g/mol. The number of ether oxygens (including phenoxy) is 1. The minimum absolute atomic E-state index is 0.0750.